The fraction of sp³-hybridized carbons (Fsp3) is 0.100. The standard InChI is InChI=1S/C20H11N3O6/c24-21(25)10-5-7-13-15(8-10)18-12-6-4-11(22(26)27)9-16(12)19(13)20-14(18)2-1-3-17(20)23(28)29/h1-9,18-19H/t18-,19+/m1/s1. The average Bonchev–Trinajstić information content (AvgIpc) is 2.71. The summed E-state index contributed by atoms with van der Waals surface area (Å²) < 4.78 is 0. The minimum atomic E-state index is -0.595. The van der Waals surface area contributed by atoms with E-state index in [0.717, 1.165) is 5.56 Å². The van der Waals surface area contributed by atoms with Crippen LogP contribution in [0, 0.1) is 30.3 Å². The van der Waals surface area contributed by atoms with Crippen LogP contribution in [-0.2, 0) is 0 Å². The van der Waals surface area contributed by atoms with Gasteiger partial charge in [0.05, 0.1) is 14.8 Å². The van der Waals surface area contributed by atoms with Gasteiger partial charge < -0.3 is 0 Å². The third-order valence-electron chi connectivity index (χ3n) is 5.72. The largest absolute Gasteiger partial charge is 0.273 e. The van der Waals surface area contributed by atoms with Gasteiger partial charge in [0.15, 0.2) is 0 Å². The first-order valence-corrected chi connectivity index (χ1v) is 8.72. The average molecular weight is 389 g/mol. The summed E-state index contributed by atoms with van der Waals surface area (Å²) in [7, 11) is 0. The Hall–Kier alpha value is -4.14. The first-order valence-electron chi connectivity index (χ1n) is 8.72. The molecular weight excluding hydrogens is 378 g/mol. The number of nitrogens with zero attached hydrogens (tertiary/aromatic N) is 3. The SMILES string of the molecule is O=[N+]([O-])c1ccc2c(c1)[C@@H]1c3ccc([N+](=O)[O-])cc3[C@H]2c2c1cccc2[N+](=O)[O-]. The van der Waals surface area contributed by atoms with Gasteiger partial charge in [-0.25, -0.2) is 0 Å². The van der Waals surface area contributed by atoms with E-state index in [1.807, 2.05) is 0 Å². The van der Waals surface area contributed by atoms with E-state index in [0.29, 0.717) is 27.8 Å². The third-order valence-corrected chi connectivity index (χ3v) is 5.72. The molecule has 0 N–H and O–H groups in total. The lowest BCUT2D eigenvalue weighted by Gasteiger charge is -2.41. The Labute approximate surface area is 162 Å². The molecule has 2 bridgehead atoms. The van der Waals surface area contributed by atoms with Crippen molar-refractivity contribution in [3.63, 3.8) is 0 Å². The number of nitro groups is 3. The van der Waals surface area contributed by atoms with Crippen LogP contribution in [0.15, 0.2) is 54.6 Å². The quantitative estimate of drug-likeness (QED) is 0.332. The molecule has 0 spiro atoms. The predicted molar refractivity (Wildman–Crippen MR) is 101 cm³/mol. The molecule has 3 aromatic rings. The van der Waals surface area contributed by atoms with Crippen molar-refractivity contribution in [1.82, 2.24) is 0 Å². The van der Waals surface area contributed by atoms with Gasteiger partial charge in [0.1, 0.15) is 0 Å². The fourth-order valence-corrected chi connectivity index (χ4v) is 4.65. The van der Waals surface area contributed by atoms with Crippen molar-refractivity contribution in [3.05, 3.63) is 118 Å². The highest BCUT2D eigenvalue weighted by molar-refractivity contribution is 5.73. The Bertz CT molecular complexity index is 1270. The van der Waals surface area contributed by atoms with E-state index in [2.05, 4.69) is 0 Å². The molecule has 9 nitrogen and oxygen atoms in total. The van der Waals surface area contributed by atoms with Crippen molar-refractivity contribution in [3.8, 4) is 0 Å². The lowest BCUT2D eigenvalue weighted by Crippen LogP contribution is -2.28. The van der Waals surface area contributed by atoms with E-state index >= 15 is 0 Å². The van der Waals surface area contributed by atoms with Gasteiger partial charge in [-0.3, -0.25) is 30.3 Å². The minimum Gasteiger partial charge on any atom is -0.258 e. The van der Waals surface area contributed by atoms with Crippen molar-refractivity contribution in [2.24, 2.45) is 0 Å². The molecule has 0 amide bonds. The Morgan fingerprint density at radius 3 is 1.69 bits per heavy atom. The summed E-state index contributed by atoms with van der Waals surface area (Å²) in [4.78, 5) is 32.9. The molecule has 142 valence electrons. The lowest BCUT2D eigenvalue weighted by atomic mass is 9.60. The third kappa shape index (κ3) is 2.21. The van der Waals surface area contributed by atoms with E-state index in [1.165, 1.54) is 30.3 Å². The number of rotatable bonds is 3. The van der Waals surface area contributed by atoms with Crippen molar-refractivity contribution in [1.29, 1.82) is 0 Å². The van der Waals surface area contributed by atoms with E-state index in [9.17, 15) is 30.3 Å². The molecule has 0 aromatic heterocycles. The van der Waals surface area contributed by atoms with Crippen LogP contribution < -0.4 is 0 Å². The fourth-order valence-electron chi connectivity index (χ4n) is 4.65. The summed E-state index contributed by atoms with van der Waals surface area (Å²) in [6.45, 7) is 0. The Kier molecular flexibility index (Phi) is 3.33. The molecule has 0 saturated heterocycles. The molecule has 9 heteroatoms. The zero-order valence-corrected chi connectivity index (χ0v) is 14.6. The smallest absolute Gasteiger partial charge is 0.258 e. The topological polar surface area (TPSA) is 129 Å². The maximum Gasteiger partial charge on any atom is 0.273 e. The first-order chi connectivity index (χ1) is 13.9. The van der Waals surface area contributed by atoms with Gasteiger partial charge in [-0.05, 0) is 27.8 Å². The van der Waals surface area contributed by atoms with Crippen molar-refractivity contribution in [2.45, 2.75) is 11.8 Å². The molecule has 29 heavy (non-hydrogen) atoms. The Morgan fingerprint density at radius 2 is 1.14 bits per heavy atom. The van der Waals surface area contributed by atoms with Gasteiger partial charge in [-0.1, -0.05) is 24.3 Å². The molecule has 3 aromatic carbocycles. The molecular formula is C20H11N3O6. The molecule has 0 heterocycles. The summed E-state index contributed by atoms with van der Waals surface area (Å²) in [5, 5.41) is 34.3. The van der Waals surface area contributed by atoms with Crippen molar-refractivity contribution >= 4 is 17.1 Å². The van der Waals surface area contributed by atoms with Crippen LogP contribution in [0.1, 0.15) is 45.2 Å². The number of benzene rings is 3. The highest BCUT2D eigenvalue weighted by Crippen LogP contribution is 2.58. The molecule has 6 rings (SSSR count). The van der Waals surface area contributed by atoms with Crippen LogP contribution in [0.3, 0.4) is 0 Å². The molecule has 0 unspecified atom stereocenters. The molecule has 3 aliphatic rings. The minimum absolute atomic E-state index is 0.0568. The number of hydrogen-bond donors (Lipinski definition) is 0. The predicted octanol–water partition coefficient (Wildman–Crippen LogP) is 4.40. The number of hydrogen-bond acceptors (Lipinski definition) is 6. The molecule has 0 aliphatic heterocycles. The second kappa shape index (κ2) is 5.68. The zero-order valence-electron chi connectivity index (χ0n) is 14.6. The monoisotopic (exact) mass is 389 g/mol. The van der Waals surface area contributed by atoms with Gasteiger partial charge in [-0.15, -0.1) is 0 Å². The summed E-state index contributed by atoms with van der Waals surface area (Å²) in [5.74, 6) is -1.05. The van der Waals surface area contributed by atoms with E-state index in [1.54, 1.807) is 24.3 Å². The summed E-state index contributed by atoms with van der Waals surface area (Å²) in [6, 6.07) is 13.8. The van der Waals surface area contributed by atoms with Crippen LogP contribution in [0.5, 0.6) is 0 Å². The lowest BCUT2D eigenvalue weighted by molar-refractivity contribution is -0.386. The van der Waals surface area contributed by atoms with Gasteiger partial charge in [0, 0.05) is 47.7 Å². The Balaban J connectivity index is 1.86. The van der Waals surface area contributed by atoms with E-state index < -0.39 is 26.6 Å². The molecule has 0 fully saturated rings. The summed E-state index contributed by atoms with van der Waals surface area (Å²) >= 11 is 0. The number of nitro benzene ring substituents is 3. The van der Waals surface area contributed by atoms with Crippen LogP contribution in [0.2, 0.25) is 0 Å². The zero-order chi connectivity index (χ0) is 20.4. The van der Waals surface area contributed by atoms with Crippen molar-refractivity contribution in [2.75, 3.05) is 0 Å². The van der Waals surface area contributed by atoms with Crippen LogP contribution in [0.25, 0.3) is 0 Å². The van der Waals surface area contributed by atoms with E-state index in [4.69, 9.17) is 0 Å². The maximum atomic E-state index is 11.7. The maximum absolute atomic E-state index is 11.7. The summed E-state index contributed by atoms with van der Waals surface area (Å²) in [6.07, 6.45) is 0. The Morgan fingerprint density at radius 1 is 0.586 bits per heavy atom. The van der Waals surface area contributed by atoms with Gasteiger partial charge >= 0.3 is 0 Å². The summed E-state index contributed by atoms with van der Waals surface area (Å²) in [5.41, 5.74) is 3.81. The first kappa shape index (κ1) is 17.0. The van der Waals surface area contributed by atoms with Crippen molar-refractivity contribution < 1.29 is 14.8 Å². The second-order valence-corrected chi connectivity index (χ2v) is 7.04. The molecule has 3 aliphatic carbocycles. The second-order valence-electron chi connectivity index (χ2n) is 7.04. The van der Waals surface area contributed by atoms with Crippen LogP contribution in [0.4, 0.5) is 17.1 Å². The van der Waals surface area contributed by atoms with Crippen LogP contribution in [-0.4, -0.2) is 14.8 Å². The molecule has 0 saturated carbocycles. The molecule has 0 radical (unpaired) electrons. The van der Waals surface area contributed by atoms with Crippen LogP contribution >= 0.6 is 0 Å². The highest BCUT2D eigenvalue weighted by Gasteiger charge is 2.45. The van der Waals surface area contributed by atoms with Gasteiger partial charge in [0.25, 0.3) is 17.1 Å². The van der Waals surface area contributed by atoms with Gasteiger partial charge in [-0.2, -0.15) is 0 Å². The molecule has 2 atom stereocenters. The van der Waals surface area contributed by atoms with Gasteiger partial charge in [0.2, 0.25) is 0 Å². The number of non-ortho nitro benzene ring substituents is 2. The highest BCUT2D eigenvalue weighted by atomic mass is 16.6. The van der Waals surface area contributed by atoms with E-state index in [-0.39, 0.29) is 17.1 Å². The normalized spacial score (nSPS) is 17.8.